The number of carbonyl (C=O) groups is 2. The van der Waals surface area contributed by atoms with Gasteiger partial charge >= 0.3 is 0 Å². The quantitative estimate of drug-likeness (QED) is 0.723. The monoisotopic (exact) mass is 413 g/mol. The average Bonchev–Trinajstić information content (AvgIpc) is 2.69. The van der Waals surface area contributed by atoms with Crippen molar-refractivity contribution in [2.45, 2.75) is 30.2 Å². The molecule has 6 nitrogen and oxygen atoms in total. The molecular formula is C19H28ClN3O3S. The lowest BCUT2D eigenvalue weighted by atomic mass is 10.0. The van der Waals surface area contributed by atoms with Gasteiger partial charge in [-0.15, -0.1) is 24.2 Å². The van der Waals surface area contributed by atoms with Gasteiger partial charge in [0.25, 0.3) is 0 Å². The van der Waals surface area contributed by atoms with Crippen LogP contribution in [0.5, 0.6) is 5.75 Å². The molecule has 1 aromatic carbocycles. The Kier molecular flexibility index (Phi) is 8.73. The Hall–Kier alpha value is -1.44. The van der Waals surface area contributed by atoms with E-state index in [2.05, 4.69) is 5.32 Å². The number of piperidine rings is 1. The van der Waals surface area contributed by atoms with Gasteiger partial charge in [0.1, 0.15) is 5.75 Å². The summed E-state index contributed by atoms with van der Waals surface area (Å²) in [5, 5.41) is 3.11. The summed E-state index contributed by atoms with van der Waals surface area (Å²) in [5.41, 5.74) is 0. The molecule has 0 aliphatic carbocycles. The van der Waals surface area contributed by atoms with E-state index in [-0.39, 0.29) is 30.3 Å². The number of amides is 2. The zero-order valence-corrected chi connectivity index (χ0v) is 17.3. The van der Waals surface area contributed by atoms with Crippen LogP contribution in [-0.2, 0) is 9.59 Å². The van der Waals surface area contributed by atoms with E-state index in [0.717, 1.165) is 48.9 Å². The lowest BCUT2D eigenvalue weighted by Gasteiger charge is -2.41. The number of likely N-dealkylation sites (tertiary alicyclic amines) is 1. The van der Waals surface area contributed by atoms with Crippen LogP contribution in [0.2, 0.25) is 0 Å². The molecule has 2 fully saturated rings. The zero-order chi connectivity index (χ0) is 18.4. The number of benzene rings is 1. The normalized spacial score (nSPS) is 20.2. The maximum atomic E-state index is 12.6. The van der Waals surface area contributed by atoms with Crippen molar-refractivity contribution in [3.05, 3.63) is 24.3 Å². The first-order valence-corrected chi connectivity index (χ1v) is 10.2. The van der Waals surface area contributed by atoms with Gasteiger partial charge in [0.15, 0.2) is 0 Å². The fourth-order valence-electron chi connectivity index (χ4n) is 3.53. The molecule has 150 valence electrons. The van der Waals surface area contributed by atoms with Gasteiger partial charge in [-0.25, -0.2) is 0 Å². The number of nitrogens with zero attached hydrogens (tertiary/aromatic N) is 2. The van der Waals surface area contributed by atoms with E-state index in [1.54, 1.807) is 18.9 Å². The number of rotatable bonds is 6. The van der Waals surface area contributed by atoms with E-state index in [9.17, 15) is 9.59 Å². The van der Waals surface area contributed by atoms with E-state index in [0.29, 0.717) is 19.5 Å². The molecule has 0 radical (unpaired) electrons. The second kappa shape index (κ2) is 10.8. The van der Waals surface area contributed by atoms with Crippen molar-refractivity contribution < 1.29 is 14.3 Å². The third-order valence-electron chi connectivity index (χ3n) is 4.96. The first kappa shape index (κ1) is 21.9. The van der Waals surface area contributed by atoms with Crippen LogP contribution in [-0.4, -0.2) is 73.2 Å². The lowest BCUT2D eigenvalue weighted by molar-refractivity contribution is -0.140. The summed E-state index contributed by atoms with van der Waals surface area (Å²) in [5.74, 6) is 1.95. The SMILES string of the molecule is COc1ccc(SCCC(=O)N2CCCC(N3CCNCC3=O)C2)cc1.Cl. The first-order valence-electron chi connectivity index (χ1n) is 9.22. The summed E-state index contributed by atoms with van der Waals surface area (Å²) < 4.78 is 5.16. The number of halogens is 1. The Balaban J connectivity index is 0.00000261. The maximum absolute atomic E-state index is 12.6. The largest absolute Gasteiger partial charge is 0.497 e. The van der Waals surface area contributed by atoms with Crippen molar-refractivity contribution in [1.82, 2.24) is 15.1 Å². The highest BCUT2D eigenvalue weighted by Gasteiger charge is 2.31. The van der Waals surface area contributed by atoms with Gasteiger partial charge in [-0.05, 0) is 37.1 Å². The Morgan fingerprint density at radius 2 is 2.07 bits per heavy atom. The predicted octanol–water partition coefficient (Wildman–Crippen LogP) is 2.02. The van der Waals surface area contributed by atoms with Crippen molar-refractivity contribution in [2.24, 2.45) is 0 Å². The highest BCUT2D eigenvalue weighted by Crippen LogP contribution is 2.23. The second-order valence-electron chi connectivity index (χ2n) is 6.67. The van der Waals surface area contributed by atoms with E-state index in [1.165, 1.54) is 0 Å². The number of nitrogens with one attached hydrogen (secondary N) is 1. The number of thioether (sulfide) groups is 1. The Bertz CT molecular complexity index is 629. The summed E-state index contributed by atoms with van der Waals surface area (Å²) in [6, 6.07) is 8.08. The zero-order valence-electron chi connectivity index (χ0n) is 15.7. The topological polar surface area (TPSA) is 61.9 Å². The molecule has 2 aliphatic heterocycles. The summed E-state index contributed by atoms with van der Waals surface area (Å²) in [6.07, 6.45) is 2.49. The van der Waals surface area contributed by atoms with Crippen molar-refractivity contribution in [3.63, 3.8) is 0 Å². The molecule has 0 bridgehead atoms. The third-order valence-corrected chi connectivity index (χ3v) is 5.97. The minimum Gasteiger partial charge on any atom is -0.497 e. The van der Waals surface area contributed by atoms with E-state index >= 15 is 0 Å². The minimum atomic E-state index is 0. The molecule has 1 atom stereocenters. The Labute approximate surface area is 171 Å². The fourth-order valence-corrected chi connectivity index (χ4v) is 4.37. The van der Waals surface area contributed by atoms with Gasteiger partial charge in [-0.2, -0.15) is 0 Å². The Morgan fingerprint density at radius 1 is 1.30 bits per heavy atom. The maximum Gasteiger partial charge on any atom is 0.236 e. The van der Waals surface area contributed by atoms with Crippen molar-refractivity contribution >= 4 is 36.0 Å². The minimum absolute atomic E-state index is 0. The van der Waals surface area contributed by atoms with Crippen LogP contribution in [0.25, 0.3) is 0 Å². The first-order chi connectivity index (χ1) is 12.7. The van der Waals surface area contributed by atoms with Gasteiger partial charge in [0, 0.05) is 49.3 Å². The van der Waals surface area contributed by atoms with E-state index < -0.39 is 0 Å². The number of carbonyl (C=O) groups excluding carboxylic acids is 2. The van der Waals surface area contributed by atoms with Gasteiger partial charge in [0.05, 0.1) is 13.7 Å². The molecular weight excluding hydrogens is 386 g/mol. The number of hydrogen-bond acceptors (Lipinski definition) is 5. The van der Waals surface area contributed by atoms with Gasteiger partial charge in [-0.1, -0.05) is 0 Å². The molecule has 2 saturated heterocycles. The molecule has 1 N–H and O–H groups in total. The van der Waals surface area contributed by atoms with Crippen LogP contribution in [0.4, 0.5) is 0 Å². The number of ether oxygens (including phenoxy) is 1. The average molecular weight is 414 g/mol. The van der Waals surface area contributed by atoms with Crippen LogP contribution in [0.15, 0.2) is 29.2 Å². The molecule has 3 rings (SSSR count). The van der Waals surface area contributed by atoms with E-state index in [1.807, 2.05) is 34.1 Å². The molecule has 0 aromatic heterocycles. The lowest BCUT2D eigenvalue weighted by Crippen LogP contribution is -2.57. The van der Waals surface area contributed by atoms with Gasteiger partial charge < -0.3 is 19.9 Å². The van der Waals surface area contributed by atoms with Crippen molar-refractivity contribution in [3.8, 4) is 5.75 Å². The smallest absolute Gasteiger partial charge is 0.236 e. The highest BCUT2D eigenvalue weighted by molar-refractivity contribution is 7.99. The standard InChI is InChI=1S/C19H27N3O3S.ClH/c1-25-16-4-6-17(7-5-16)26-12-8-18(23)21-10-2-3-15(14-21)22-11-9-20-13-19(22)24;/h4-7,15,20H,2-3,8-14H2,1H3;1H. The molecule has 8 heteroatoms. The van der Waals surface area contributed by atoms with Gasteiger partial charge in [-0.3, -0.25) is 9.59 Å². The van der Waals surface area contributed by atoms with Crippen LogP contribution in [0, 0.1) is 0 Å². The van der Waals surface area contributed by atoms with Crippen LogP contribution in [0.3, 0.4) is 0 Å². The van der Waals surface area contributed by atoms with Crippen LogP contribution >= 0.6 is 24.2 Å². The molecule has 0 saturated carbocycles. The third kappa shape index (κ3) is 6.02. The molecule has 2 aliphatic rings. The van der Waals surface area contributed by atoms with Crippen molar-refractivity contribution in [2.75, 3.05) is 45.6 Å². The molecule has 0 spiro atoms. The second-order valence-corrected chi connectivity index (χ2v) is 7.84. The summed E-state index contributed by atoms with van der Waals surface area (Å²) >= 11 is 1.69. The number of hydrogen-bond donors (Lipinski definition) is 1. The number of methoxy groups -OCH3 is 1. The molecule has 2 heterocycles. The molecule has 27 heavy (non-hydrogen) atoms. The number of piperazine rings is 1. The fraction of sp³-hybridized carbons (Fsp3) is 0.579. The Morgan fingerprint density at radius 3 is 2.78 bits per heavy atom. The summed E-state index contributed by atoms with van der Waals surface area (Å²) in [7, 11) is 1.65. The van der Waals surface area contributed by atoms with Crippen LogP contribution < -0.4 is 10.1 Å². The van der Waals surface area contributed by atoms with E-state index in [4.69, 9.17) is 4.74 Å². The highest BCUT2D eigenvalue weighted by atomic mass is 35.5. The van der Waals surface area contributed by atoms with Gasteiger partial charge in [0.2, 0.25) is 11.8 Å². The summed E-state index contributed by atoms with van der Waals surface area (Å²) in [4.78, 5) is 29.7. The van der Waals surface area contributed by atoms with Crippen LogP contribution in [0.1, 0.15) is 19.3 Å². The molecule has 1 unspecified atom stereocenters. The predicted molar refractivity (Wildman–Crippen MR) is 110 cm³/mol. The van der Waals surface area contributed by atoms with Crippen molar-refractivity contribution in [1.29, 1.82) is 0 Å². The molecule has 2 amide bonds. The molecule has 1 aromatic rings. The summed E-state index contributed by atoms with van der Waals surface area (Å²) in [6.45, 7) is 3.50.